The molecule has 82 valence electrons. The predicted octanol–water partition coefficient (Wildman–Crippen LogP) is 0.0198. The highest BCUT2D eigenvalue weighted by molar-refractivity contribution is 7.90. The third-order valence-electron chi connectivity index (χ3n) is 1.94. The number of rotatable bonds is 5. The van der Waals surface area contributed by atoms with E-state index in [2.05, 4.69) is 9.46 Å². The van der Waals surface area contributed by atoms with Gasteiger partial charge >= 0.3 is 5.97 Å². The maximum atomic E-state index is 11.4. The molecule has 0 heterocycles. The number of ether oxygens (including phenoxy) is 1. The molecule has 0 radical (unpaired) electrons. The van der Waals surface area contributed by atoms with Crippen molar-refractivity contribution in [2.75, 3.05) is 6.61 Å². The number of hydrogen-bond donors (Lipinski definition) is 1. The van der Waals surface area contributed by atoms with Gasteiger partial charge in [0.25, 0.3) is 0 Å². The number of esters is 1. The Morgan fingerprint density at radius 3 is 2.57 bits per heavy atom. The Hall–Kier alpha value is -0.620. The molecular weight excluding hydrogens is 206 g/mol. The summed E-state index contributed by atoms with van der Waals surface area (Å²) in [6.07, 6.45) is 1.37. The zero-order valence-corrected chi connectivity index (χ0v) is 9.13. The van der Waals surface area contributed by atoms with E-state index in [1.165, 1.54) is 6.92 Å². The van der Waals surface area contributed by atoms with Crippen LogP contribution in [0.3, 0.4) is 0 Å². The van der Waals surface area contributed by atoms with Gasteiger partial charge in [0.15, 0.2) is 0 Å². The number of hydrogen-bond acceptors (Lipinski definition) is 4. The van der Waals surface area contributed by atoms with Crippen LogP contribution in [0.25, 0.3) is 0 Å². The number of nitrogens with one attached hydrogen (secondary N) is 1. The van der Waals surface area contributed by atoms with E-state index in [-0.39, 0.29) is 11.9 Å². The molecule has 1 saturated carbocycles. The van der Waals surface area contributed by atoms with E-state index in [0.29, 0.717) is 12.8 Å². The molecule has 14 heavy (non-hydrogen) atoms. The molecule has 1 N–H and O–H groups in total. The Morgan fingerprint density at radius 2 is 2.14 bits per heavy atom. The average molecular weight is 221 g/mol. The second-order valence-corrected chi connectivity index (χ2v) is 5.33. The first-order valence-electron chi connectivity index (χ1n) is 4.65. The van der Waals surface area contributed by atoms with E-state index < -0.39 is 22.0 Å². The molecule has 0 aromatic heterocycles. The highest BCUT2D eigenvalue weighted by atomic mass is 32.2. The molecule has 6 heteroatoms. The third-order valence-corrected chi connectivity index (χ3v) is 3.98. The number of sulfonamides is 1. The van der Waals surface area contributed by atoms with E-state index in [9.17, 15) is 13.2 Å². The van der Waals surface area contributed by atoms with Crippen molar-refractivity contribution in [3.63, 3.8) is 0 Å². The second kappa shape index (κ2) is 4.27. The normalized spacial score (nSPS) is 19.0. The van der Waals surface area contributed by atoms with E-state index >= 15 is 0 Å². The summed E-state index contributed by atoms with van der Waals surface area (Å²) in [4.78, 5) is 11.1. The summed E-state index contributed by atoms with van der Waals surface area (Å²) in [6.45, 7) is 3.42. The summed E-state index contributed by atoms with van der Waals surface area (Å²) in [5, 5.41) is -0.306. The molecular formula is C8H15NO4S. The molecule has 5 nitrogen and oxygen atoms in total. The van der Waals surface area contributed by atoms with Gasteiger partial charge in [-0.05, 0) is 26.7 Å². The molecule has 1 fully saturated rings. The topological polar surface area (TPSA) is 72.5 Å². The summed E-state index contributed by atoms with van der Waals surface area (Å²) in [5.74, 6) is -0.531. The largest absolute Gasteiger partial charge is 0.465 e. The summed E-state index contributed by atoms with van der Waals surface area (Å²) in [6, 6.07) is -0.791. The van der Waals surface area contributed by atoms with Gasteiger partial charge in [0.05, 0.1) is 11.9 Å². The molecule has 1 unspecified atom stereocenters. The van der Waals surface area contributed by atoms with E-state index in [1.54, 1.807) is 6.92 Å². The zero-order chi connectivity index (χ0) is 10.8. The van der Waals surface area contributed by atoms with Crippen molar-refractivity contribution in [3.05, 3.63) is 0 Å². The molecule has 0 aliphatic heterocycles. The van der Waals surface area contributed by atoms with E-state index in [4.69, 9.17) is 0 Å². The van der Waals surface area contributed by atoms with Crippen LogP contribution >= 0.6 is 0 Å². The minimum absolute atomic E-state index is 0.258. The van der Waals surface area contributed by atoms with Gasteiger partial charge in [0.2, 0.25) is 10.0 Å². The Kier molecular flexibility index (Phi) is 3.49. The molecule has 1 atom stereocenters. The van der Waals surface area contributed by atoms with Crippen molar-refractivity contribution in [2.45, 2.75) is 38.0 Å². The fourth-order valence-electron chi connectivity index (χ4n) is 1.04. The molecule has 0 aromatic rings. The molecule has 0 spiro atoms. The van der Waals surface area contributed by atoms with Gasteiger partial charge in [-0.3, -0.25) is 4.79 Å². The molecule has 1 aliphatic rings. The Bertz CT molecular complexity index is 307. The Morgan fingerprint density at radius 1 is 1.57 bits per heavy atom. The lowest BCUT2D eigenvalue weighted by Crippen LogP contribution is -2.41. The highest BCUT2D eigenvalue weighted by Gasteiger charge is 2.37. The third kappa shape index (κ3) is 2.95. The summed E-state index contributed by atoms with van der Waals surface area (Å²) in [5.41, 5.74) is 0. The van der Waals surface area contributed by atoms with Crippen LogP contribution in [0.4, 0.5) is 0 Å². The lowest BCUT2D eigenvalue weighted by Gasteiger charge is -2.12. The van der Waals surface area contributed by atoms with Crippen molar-refractivity contribution < 1.29 is 17.9 Å². The SMILES string of the molecule is CCOC(=O)C(C)NS(=O)(=O)C1CC1. The zero-order valence-electron chi connectivity index (χ0n) is 8.32. The maximum absolute atomic E-state index is 11.4. The van der Waals surface area contributed by atoms with Crippen molar-refractivity contribution in [3.8, 4) is 0 Å². The van der Waals surface area contributed by atoms with Gasteiger partial charge in [-0.2, -0.15) is 0 Å². The molecule has 0 aromatic carbocycles. The lowest BCUT2D eigenvalue weighted by molar-refractivity contribution is -0.144. The van der Waals surface area contributed by atoms with Gasteiger partial charge in [0, 0.05) is 0 Å². The van der Waals surface area contributed by atoms with Crippen molar-refractivity contribution in [2.24, 2.45) is 0 Å². The summed E-state index contributed by atoms with van der Waals surface area (Å²) >= 11 is 0. The average Bonchev–Trinajstić information content (AvgIpc) is 2.85. The Labute approximate surface area is 83.9 Å². The van der Waals surface area contributed by atoms with Crippen LogP contribution < -0.4 is 4.72 Å². The van der Waals surface area contributed by atoms with Crippen LogP contribution in [0.2, 0.25) is 0 Å². The molecule has 1 rings (SSSR count). The minimum atomic E-state index is -3.30. The van der Waals surface area contributed by atoms with E-state index in [0.717, 1.165) is 0 Å². The lowest BCUT2D eigenvalue weighted by atomic mass is 10.4. The van der Waals surface area contributed by atoms with Crippen LogP contribution in [-0.2, 0) is 19.6 Å². The maximum Gasteiger partial charge on any atom is 0.323 e. The van der Waals surface area contributed by atoms with Crippen molar-refractivity contribution >= 4 is 16.0 Å². The fourth-order valence-corrected chi connectivity index (χ4v) is 2.57. The van der Waals surface area contributed by atoms with E-state index in [1.807, 2.05) is 0 Å². The van der Waals surface area contributed by atoms with Crippen molar-refractivity contribution in [1.82, 2.24) is 4.72 Å². The van der Waals surface area contributed by atoms with Crippen LogP contribution in [0.15, 0.2) is 0 Å². The predicted molar refractivity (Wildman–Crippen MR) is 51.2 cm³/mol. The smallest absolute Gasteiger partial charge is 0.323 e. The van der Waals surface area contributed by atoms with Crippen molar-refractivity contribution in [1.29, 1.82) is 0 Å². The molecule has 0 saturated heterocycles. The minimum Gasteiger partial charge on any atom is -0.465 e. The first kappa shape index (κ1) is 11.5. The van der Waals surface area contributed by atoms with Gasteiger partial charge in [0.1, 0.15) is 6.04 Å². The Balaban J connectivity index is 2.47. The van der Waals surface area contributed by atoms with Gasteiger partial charge in [-0.25, -0.2) is 13.1 Å². The molecule has 1 aliphatic carbocycles. The quantitative estimate of drug-likeness (QED) is 0.664. The summed E-state index contributed by atoms with van der Waals surface area (Å²) in [7, 11) is -3.30. The van der Waals surface area contributed by atoms with Gasteiger partial charge < -0.3 is 4.74 Å². The number of carbonyl (C=O) groups is 1. The first-order chi connectivity index (χ1) is 6.47. The van der Waals surface area contributed by atoms with Crippen LogP contribution in [-0.4, -0.2) is 32.3 Å². The molecule has 0 amide bonds. The monoisotopic (exact) mass is 221 g/mol. The summed E-state index contributed by atoms with van der Waals surface area (Å²) < 4.78 is 29.8. The highest BCUT2D eigenvalue weighted by Crippen LogP contribution is 2.27. The second-order valence-electron chi connectivity index (χ2n) is 3.34. The number of carbonyl (C=O) groups excluding carboxylic acids is 1. The molecule has 0 bridgehead atoms. The van der Waals surface area contributed by atoms with Gasteiger partial charge in [-0.1, -0.05) is 0 Å². The van der Waals surface area contributed by atoms with Gasteiger partial charge in [-0.15, -0.1) is 0 Å². The first-order valence-corrected chi connectivity index (χ1v) is 6.19. The van der Waals surface area contributed by atoms with Crippen LogP contribution in [0, 0.1) is 0 Å². The fraction of sp³-hybridized carbons (Fsp3) is 0.875. The van der Waals surface area contributed by atoms with Crippen LogP contribution in [0.5, 0.6) is 0 Å². The van der Waals surface area contributed by atoms with Crippen LogP contribution in [0.1, 0.15) is 26.7 Å². The standard InChI is InChI=1S/C8H15NO4S/c1-3-13-8(10)6(2)9-14(11,12)7-4-5-7/h6-7,9H,3-5H2,1-2H3.